The molecule has 1 heterocycles. The highest BCUT2D eigenvalue weighted by Crippen LogP contribution is 2.02. The van der Waals surface area contributed by atoms with E-state index in [0.29, 0.717) is 6.54 Å². The number of rotatable bonds is 5. The molecule has 0 spiro atoms. The molecular weight excluding hydrogens is 332 g/mol. The van der Waals surface area contributed by atoms with Crippen LogP contribution in [0, 0.1) is 0 Å². The molecule has 3 N–H and O–H groups in total. The fourth-order valence-electron chi connectivity index (χ4n) is 2.05. The van der Waals surface area contributed by atoms with E-state index >= 15 is 0 Å². The molecule has 0 saturated heterocycles. The first-order chi connectivity index (χ1) is 11.9. The molecule has 132 valence electrons. The van der Waals surface area contributed by atoms with Gasteiger partial charge in [-0.05, 0) is 19.1 Å². The molecule has 0 unspecified atom stereocenters. The molecule has 0 radical (unpaired) electrons. The number of nitrogens with one attached hydrogen (secondary N) is 3. The Balaban J connectivity index is 2.02. The minimum atomic E-state index is -0.918. The largest absolute Gasteiger partial charge is 0.454 e. The summed E-state index contributed by atoms with van der Waals surface area (Å²) < 4.78 is 5.48. The number of aromatic nitrogens is 2. The molecule has 0 atom stereocenters. The number of urea groups is 1. The van der Waals surface area contributed by atoms with Crippen molar-refractivity contribution in [1.29, 1.82) is 0 Å². The first-order valence-corrected chi connectivity index (χ1v) is 7.37. The Hall–Kier alpha value is -3.43. The monoisotopic (exact) mass is 348 g/mol. The summed E-state index contributed by atoms with van der Waals surface area (Å²) >= 11 is 0. The third-order valence-electron chi connectivity index (χ3n) is 3.13. The first-order valence-electron chi connectivity index (χ1n) is 7.37. The van der Waals surface area contributed by atoms with E-state index in [1.807, 2.05) is 5.32 Å². The lowest BCUT2D eigenvalue weighted by molar-refractivity contribution is -0.149. The predicted octanol–water partition coefficient (Wildman–Crippen LogP) is -0.921. The van der Waals surface area contributed by atoms with Crippen LogP contribution in [-0.2, 0) is 20.9 Å². The zero-order valence-electron chi connectivity index (χ0n) is 13.3. The Bertz CT molecular complexity index is 929. The van der Waals surface area contributed by atoms with Gasteiger partial charge in [0.05, 0.1) is 10.8 Å². The van der Waals surface area contributed by atoms with Gasteiger partial charge in [0, 0.05) is 6.54 Å². The van der Waals surface area contributed by atoms with E-state index in [0.717, 1.165) is 4.68 Å². The van der Waals surface area contributed by atoms with Crippen LogP contribution < -0.4 is 21.8 Å². The Kier molecular flexibility index (Phi) is 5.66. The summed E-state index contributed by atoms with van der Waals surface area (Å²) in [5, 5.41) is 6.93. The van der Waals surface area contributed by atoms with Crippen molar-refractivity contribution in [3.05, 3.63) is 45.0 Å². The Morgan fingerprint density at radius 2 is 1.84 bits per heavy atom. The van der Waals surface area contributed by atoms with E-state index in [1.165, 1.54) is 12.1 Å². The third kappa shape index (κ3) is 4.53. The molecule has 0 saturated carbocycles. The zero-order chi connectivity index (χ0) is 18.4. The van der Waals surface area contributed by atoms with E-state index < -0.39 is 42.2 Å². The zero-order valence-corrected chi connectivity index (χ0v) is 13.3. The van der Waals surface area contributed by atoms with Crippen molar-refractivity contribution in [3.63, 3.8) is 0 Å². The van der Waals surface area contributed by atoms with E-state index in [-0.39, 0.29) is 10.8 Å². The SMILES string of the molecule is CCNC(=O)NC(=O)COC(=O)Cn1[nH]c(=O)c2ccccc2c1=O. The Morgan fingerprint density at radius 1 is 1.16 bits per heavy atom. The van der Waals surface area contributed by atoms with Crippen molar-refractivity contribution in [3.8, 4) is 0 Å². The van der Waals surface area contributed by atoms with Crippen LogP contribution in [-0.4, -0.2) is 40.8 Å². The highest BCUT2D eigenvalue weighted by atomic mass is 16.5. The number of H-pyrrole nitrogens is 1. The van der Waals surface area contributed by atoms with Crippen molar-refractivity contribution in [1.82, 2.24) is 20.4 Å². The van der Waals surface area contributed by atoms with Gasteiger partial charge in [-0.2, -0.15) is 0 Å². The van der Waals surface area contributed by atoms with Crippen molar-refractivity contribution in [2.24, 2.45) is 0 Å². The van der Waals surface area contributed by atoms with Gasteiger partial charge in [0.15, 0.2) is 6.61 Å². The van der Waals surface area contributed by atoms with Crippen LogP contribution in [0.2, 0.25) is 0 Å². The van der Waals surface area contributed by atoms with Crippen LogP contribution in [0.15, 0.2) is 33.9 Å². The molecule has 10 nitrogen and oxygen atoms in total. The second-order valence-electron chi connectivity index (χ2n) is 4.95. The van der Waals surface area contributed by atoms with E-state index in [4.69, 9.17) is 0 Å². The van der Waals surface area contributed by atoms with Crippen LogP contribution in [0.4, 0.5) is 4.79 Å². The lowest BCUT2D eigenvalue weighted by atomic mass is 10.2. The van der Waals surface area contributed by atoms with Gasteiger partial charge in [-0.25, -0.2) is 9.48 Å². The average Bonchev–Trinajstić information content (AvgIpc) is 2.58. The van der Waals surface area contributed by atoms with Crippen molar-refractivity contribution in [2.45, 2.75) is 13.5 Å². The minimum Gasteiger partial charge on any atom is -0.454 e. The summed E-state index contributed by atoms with van der Waals surface area (Å²) in [4.78, 5) is 58.4. The molecule has 2 aromatic rings. The number of aromatic amines is 1. The minimum absolute atomic E-state index is 0.160. The molecule has 1 aromatic carbocycles. The fourth-order valence-corrected chi connectivity index (χ4v) is 2.05. The molecule has 0 aliphatic rings. The maximum absolute atomic E-state index is 12.2. The number of imide groups is 1. The highest BCUT2D eigenvalue weighted by Gasteiger charge is 2.13. The molecule has 1 aromatic heterocycles. The number of hydrogen-bond acceptors (Lipinski definition) is 6. The van der Waals surface area contributed by atoms with Crippen LogP contribution in [0.3, 0.4) is 0 Å². The lowest BCUT2D eigenvalue weighted by Crippen LogP contribution is -2.41. The van der Waals surface area contributed by atoms with Crippen molar-refractivity contribution >= 4 is 28.7 Å². The topological polar surface area (TPSA) is 139 Å². The van der Waals surface area contributed by atoms with Gasteiger partial charge in [0.25, 0.3) is 17.0 Å². The second-order valence-corrected chi connectivity index (χ2v) is 4.95. The quantitative estimate of drug-likeness (QED) is 0.597. The van der Waals surface area contributed by atoms with Crippen LogP contribution in [0.25, 0.3) is 10.8 Å². The standard InChI is InChI=1S/C15H16N4O6/c1-2-16-15(24)17-11(20)8-25-12(21)7-19-14(23)10-6-4-3-5-9(10)13(22)18-19/h3-6H,2,7-8H2,1H3,(H,18,22)(H2,16,17,20,24). The lowest BCUT2D eigenvalue weighted by Gasteiger charge is -2.08. The van der Waals surface area contributed by atoms with Gasteiger partial charge < -0.3 is 10.1 Å². The summed E-state index contributed by atoms with van der Waals surface area (Å²) in [6, 6.07) is 5.46. The molecule has 0 aliphatic heterocycles. The Morgan fingerprint density at radius 3 is 2.52 bits per heavy atom. The van der Waals surface area contributed by atoms with Gasteiger partial charge in [-0.1, -0.05) is 12.1 Å². The molecule has 2 rings (SSSR count). The van der Waals surface area contributed by atoms with E-state index in [2.05, 4.69) is 15.2 Å². The molecule has 25 heavy (non-hydrogen) atoms. The van der Waals surface area contributed by atoms with Gasteiger partial charge >= 0.3 is 12.0 Å². The highest BCUT2D eigenvalue weighted by molar-refractivity contribution is 5.95. The molecule has 0 aliphatic carbocycles. The summed E-state index contributed by atoms with van der Waals surface area (Å²) in [5.41, 5.74) is -1.10. The number of fused-ring (bicyclic) bond motifs is 1. The second kappa shape index (κ2) is 7.90. The number of nitrogens with zero attached hydrogens (tertiary/aromatic N) is 1. The Labute approximate surface area is 140 Å². The third-order valence-corrected chi connectivity index (χ3v) is 3.13. The number of hydrogen-bond donors (Lipinski definition) is 3. The summed E-state index contributed by atoms with van der Waals surface area (Å²) in [5.74, 6) is -1.74. The number of carbonyl (C=O) groups excluding carboxylic acids is 3. The number of ether oxygens (including phenoxy) is 1. The van der Waals surface area contributed by atoms with E-state index in [1.54, 1.807) is 19.1 Å². The summed E-state index contributed by atoms with van der Waals surface area (Å²) in [6.07, 6.45) is 0. The van der Waals surface area contributed by atoms with Crippen molar-refractivity contribution < 1.29 is 19.1 Å². The number of benzene rings is 1. The molecule has 0 bridgehead atoms. The summed E-state index contributed by atoms with van der Waals surface area (Å²) in [7, 11) is 0. The normalized spacial score (nSPS) is 10.3. The van der Waals surface area contributed by atoms with Gasteiger partial charge in [-0.15, -0.1) is 0 Å². The molecule has 10 heteroatoms. The van der Waals surface area contributed by atoms with Crippen molar-refractivity contribution in [2.75, 3.05) is 13.2 Å². The maximum Gasteiger partial charge on any atom is 0.328 e. The van der Waals surface area contributed by atoms with Crippen LogP contribution >= 0.6 is 0 Å². The van der Waals surface area contributed by atoms with Gasteiger partial charge in [-0.3, -0.25) is 29.6 Å². The number of esters is 1. The average molecular weight is 348 g/mol. The fraction of sp³-hybridized carbons (Fsp3) is 0.267. The smallest absolute Gasteiger partial charge is 0.328 e. The maximum atomic E-state index is 12.2. The molecular formula is C15H16N4O6. The number of carbonyl (C=O) groups is 3. The van der Waals surface area contributed by atoms with Gasteiger partial charge in [0.1, 0.15) is 6.54 Å². The van der Waals surface area contributed by atoms with Crippen LogP contribution in [0.1, 0.15) is 6.92 Å². The van der Waals surface area contributed by atoms with Crippen LogP contribution in [0.5, 0.6) is 0 Å². The molecule has 3 amide bonds. The predicted molar refractivity (Wildman–Crippen MR) is 87.0 cm³/mol. The first kappa shape index (κ1) is 17.9. The summed E-state index contributed by atoms with van der Waals surface area (Å²) in [6.45, 7) is 0.735. The molecule has 0 fully saturated rings. The van der Waals surface area contributed by atoms with Gasteiger partial charge in [0.2, 0.25) is 0 Å². The van der Waals surface area contributed by atoms with E-state index in [9.17, 15) is 24.0 Å². The number of amides is 3.